The van der Waals surface area contributed by atoms with Crippen molar-refractivity contribution in [2.45, 2.75) is 38.5 Å². The summed E-state index contributed by atoms with van der Waals surface area (Å²) in [5.74, 6) is 0.505. The first kappa shape index (κ1) is 13.7. The van der Waals surface area contributed by atoms with Crippen LogP contribution in [0.2, 0.25) is 0 Å². The topological polar surface area (TPSA) is 56.1 Å². The fourth-order valence-corrected chi connectivity index (χ4v) is 3.81. The van der Waals surface area contributed by atoms with E-state index in [2.05, 4.69) is 33.2 Å². The zero-order valence-electron chi connectivity index (χ0n) is 12.8. The minimum absolute atomic E-state index is 0.276. The van der Waals surface area contributed by atoms with E-state index >= 15 is 0 Å². The summed E-state index contributed by atoms with van der Waals surface area (Å²) in [5, 5.41) is 8.17. The van der Waals surface area contributed by atoms with Crippen LogP contribution >= 0.6 is 0 Å². The zero-order valence-corrected chi connectivity index (χ0v) is 12.8. The molecule has 1 saturated carbocycles. The standard InChI is InChI=1S/C16H21N5O/c1-12-9-18-19-21(12)11-13-4-5-15-16(13)22-8-7-20(15)14-3-2-6-17-10-14/h2-3,6,9-10,13,15-16H,4-5,7-8,11H2,1H3. The van der Waals surface area contributed by atoms with E-state index in [9.17, 15) is 0 Å². The number of pyridine rings is 1. The monoisotopic (exact) mass is 299 g/mol. The van der Waals surface area contributed by atoms with Crippen LogP contribution in [0.4, 0.5) is 5.69 Å². The highest BCUT2D eigenvalue weighted by molar-refractivity contribution is 5.46. The third-order valence-electron chi connectivity index (χ3n) is 4.92. The number of aryl methyl sites for hydroxylation is 1. The van der Waals surface area contributed by atoms with Gasteiger partial charge in [-0.1, -0.05) is 5.21 Å². The lowest BCUT2D eigenvalue weighted by Crippen LogP contribution is -2.50. The van der Waals surface area contributed by atoms with Crippen LogP contribution in [0, 0.1) is 12.8 Å². The number of nitrogens with zero attached hydrogens (tertiary/aromatic N) is 5. The quantitative estimate of drug-likeness (QED) is 0.863. The minimum atomic E-state index is 0.276. The van der Waals surface area contributed by atoms with Crippen molar-refractivity contribution in [1.29, 1.82) is 0 Å². The molecule has 0 radical (unpaired) electrons. The van der Waals surface area contributed by atoms with Gasteiger partial charge >= 0.3 is 0 Å². The summed E-state index contributed by atoms with van der Waals surface area (Å²) < 4.78 is 8.13. The fourth-order valence-electron chi connectivity index (χ4n) is 3.81. The Morgan fingerprint density at radius 2 is 2.27 bits per heavy atom. The van der Waals surface area contributed by atoms with Crippen molar-refractivity contribution < 1.29 is 4.74 Å². The van der Waals surface area contributed by atoms with Crippen LogP contribution < -0.4 is 4.90 Å². The molecule has 0 spiro atoms. The smallest absolute Gasteiger partial charge is 0.0824 e. The average Bonchev–Trinajstić information content (AvgIpc) is 3.16. The summed E-state index contributed by atoms with van der Waals surface area (Å²) in [7, 11) is 0. The molecule has 22 heavy (non-hydrogen) atoms. The molecule has 0 N–H and O–H groups in total. The molecular weight excluding hydrogens is 278 g/mol. The van der Waals surface area contributed by atoms with E-state index in [0.29, 0.717) is 12.0 Å². The van der Waals surface area contributed by atoms with Gasteiger partial charge in [0.05, 0.1) is 42.5 Å². The van der Waals surface area contributed by atoms with Crippen molar-refractivity contribution in [2.24, 2.45) is 5.92 Å². The molecule has 1 saturated heterocycles. The minimum Gasteiger partial charge on any atom is -0.374 e. The third kappa shape index (κ3) is 2.37. The summed E-state index contributed by atoms with van der Waals surface area (Å²) >= 11 is 0. The SMILES string of the molecule is Cc1cnnn1CC1CCC2C1OCCN2c1cccnc1. The fraction of sp³-hybridized carbons (Fsp3) is 0.562. The molecular formula is C16H21N5O. The number of hydrogen-bond donors (Lipinski definition) is 0. The van der Waals surface area contributed by atoms with Gasteiger partial charge in [-0.05, 0) is 31.9 Å². The summed E-state index contributed by atoms with van der Waals surface area (Å²) in [5.41, 5.74) is 2.32. The highest BCUT2D eigenvalue weighted by atomic mass is 16.5. The Morgan fingerprint density at radius 3 is 3.05 bits per heavy atom. The molecule has 6 heteroatoms. The number of hydrogen-bond acceptors (Lipinski definition) is 5. The second-order valence-corrected chi connectivity index (χ2v) is 6.20. The Hall–Kier alpha value is -1.95. The molecule has 1 aliphatic carbocycles. The molecule has 4 rings (SSSR count). The maximum Gasteiger partial charge on any atom is 0.0824 e. The number of rotatable bonds is 3. The molecule has 116 valence electrons. The molecule has 2 aliphatic rings. The van der Waals surface area contributed by atoms with Gasteiger partial charge in [0.1, 0.15) is 0 Å². The van der Waals surface area contributed by atoms with E-state index in [1.807, 2.05) is 29.3 Å². The van der Waals surface area contributed by atoms with E-state index < -0.39 is 0 Å². The highest BCUT2D eigenvalue weighted by Gasteiger charge is 2.43. The van der Waals surface area contributed by atoms with Crippen molar-refractivity contribution in [1.82, 2.24) is 20.0 Å². The van der Waals surface area contributed by atoms with E-state index in [1.165, 1.54) is 12.1 Å². The number of anilines is 1. The van der Waals surface area contributed by atoms with Gasteiger partial charge in [0.25, 0.3) is 0 Å². The molecule has 6 nitrogen and oxygen atoms in total. The Bertz CT molecular complexity index is 628. The van der Waals surface area contributed by atoms with E-state index in [1.54, 1.807) is 0 Å². The summed E-state index contributed by atoms with van der Waals surface area (Å²) in [6, 6.07) is 4.60. The van der Waals surface area contributed by atoms with Crippen LogP contribution in [0.15, 0.2) is 30.7 Å². The van der Waals surface area contributed by atoms with Crippen molar-refractivity contribution >= 4 is 5.69 Å². The van der Waals surface area contributed by atoms with E-state index in [0.717, 1.165) is 31.8 Å². The Kier molecular flexibility index (Phi) is 3.54. The predicted octanol–water partition coefficient (Wildman–Crippen LogP) is 1.67. The highest BCUT2D eigenvalue weighted by Crippen LogP contribution is 2.37. The molecule has 2 aromatic heterocycles. The number of aromatic nitrogens is 4. The van der Waals surface area contributed by atoms with Gasteiger partial charge in [-0.15, -0.1) is 5.10 Å². The first-order valence-electron chi connectivity index (χ1n) is 7.96. The van der Waals surface area contributed by atoms with E-state index in [-0.39, 0.29) is 6.10 Å². The normalized spacial score (nSPS) is 27.9. The van der Waals surface area contributed by atoms with Gasteiger partial charge in [0.2, 0.25) is 0 Å². The lowest BCUT2D eigenvalue weighted by molar-refractivity contribution is -0.00660. The predicted molar refractivity (Wildman–Crippen MR) is 82.6 cm³/mol. The first-order chi connectivity index (χ1) is 10.8. The van der Waals surface area contributed by atoms with E-state index in [4.69, 9.17) is 4.74 Å². The summed E-state index contributed by atoms with van der Waals surface area (Å²) in [6.45, 7) is 4.68. The van der Waals surface area contributed by atoms with Gasteiger partial charge < -0.3 is 9.64 Å². The number of ether oxygens (including phenoxy) is 1. The maximum atomic E-state index is 6.13. The second-order valence-electron chi connectivity index (χ2n) is 6.20. The van der Waals surface area contributed by atoms with Crippen molar-refractivity contribution in [3.05, 3.63) is 36.4 Å². The zero-order chi connectivity index (χ0) is 14.9. The Labute approximate surface area is 130 Å². The van der Waals surface area contributed by atoms with Crippen LogP contribution in [0.25, 0.3) is 0 Å². The summed E-state index contributed by atoms with van der Waals surface area (Å²) in [6.07, 6.45) is 8.21. The van der Waals surface area contributed by atoms with Crippen LogP contribution in [0.3, 0.4) is 0 Å². The van der Waals surface area contributed by atoms with Crippen molar-refractivity contribution in [3.63, 3.8) is 0 Å². The van der Waals surface area contributed by atoms with Gasteiger partial charge in [0.15, 0.2) is 0 Å². The molecule has 3 atom stereocenters. The molecule has 0 amide bonds. The van der Waals surface area contributed by atoms with Crippen LogP contribution in [0.1, 0.15) is 18.5 Å². The van der Waals surface area contributed by atoms with Crippen molar-refractivity contribution in [3.8, 4) is 0 Å². The maximum absolute atomic E-state index is 6.13. The van der Waals surface area contributed by atoms with Gasteiger partial charge in [-0.3, -0.25) is 4.98 Å². The van der Waals surface area contributed by atoms with Gasteiger partial charge in [0, 0.05) is 25.2 Å². The molecule has 3 heterocycles. The molecule has 0 bridgehead atoms. The first-order valence-corrected chi connectivity index (χ1v) is 7.96. The largest absolute Gasteiger partial charge is 0.374 e. The van der Waals surface area contributed by atoms with Crippen LogP contribution in [-0.2, 0) is 11.3 Å². The molecule has 2 fully saturated rings. The van der Waals surface area contributed by atoms with Crippen LogP contribution in [0.5, 0.6) is 0 Å². The Morgan fingerprint density at radius 1 is 1.32 bits per heavy atom. The van der Waals surface area contributed by atoms with Crippen LogP contribution in [-0.4, -0.2) is 45.3 Å². The lowest BCUT2D eigenvalue weighted by atomic mass is 10.0. The van der Waals surface area contributed by atoms with Gasteiger partial charge in [-0.25, -0.2) is 4.68 Å². The molecule has 2 aromatic rings. The van der Waals surface area contributed by atoms with Gasteiger partial charge in [-0.2, -0.15) is 0 Å². The molecule has 0 aromatic carbocycles. The van der Waals surface area contributed by atoms with Crippen molar-refractivity contribution in [2.75, 3.05) is 18.1 Å². The lowest BCUT2D eigenvalue weighted by Gasteiger charge is -2.40. The second kappa shape index (κ2) is 5.68. The molecule has 1 aliphatic heterocycles. The third-order valence-corrected chi connectivity index (χ3v) is 4.92. The molecule has 3 unspecified atom stereocenters. The average molecular weight is 299 g/mol. The number of morpholine rings is 1. The summed E-state index contributed by atoms with van der Waals surface area (Å²) in [4.78, 5) is 6.73. The Balaban J connectivity index is 1.52. The number of fused-ring (bicyclic) bond motifs is 1.